The zero-order chi connectivity index (χ0) is 22.7. The molecule has 2 aromatic carbocycles. The lowest BCUT2D eigenvalue weighted by molar-refractivity contribution is -0.127. The maximum Gasteiger partial charge on any atom is 0.329 e. The lowest BCUT2D eigenvalue weighted by Crippen LogP contribution is -2.38. The van der Waals surface area contributed by atoms with Crippen LogP contribution in [0.2, 0.25) is 5.02 Å². The number of rotatable bonds is 6. The van der Waals surface area contributed by atoms with E-state index in [4.69, 9.17) is 16.3 Å². The normalized spacial score (nSPS) is 14.6. The summed E-state index contributed by atoms with van der Waals surface area (Å²) in [6.45, 7) is -0.394. The highest BCUT2D eigenvalue weighted by Crippen LogP contribution is 2.28. The summed E-state index contributed by atoms with van der Waals surface area (Å²) in [7, 11) is 1.55. The maximum atomic E-state index is 12.7. The van der Waals surface area contributed by atoms with E-state index < -0.39 is 24.4 Å². The van der Waals surface area contributed by atoms with Gasteiger partial charge in [-0.3, -0.25) is 9.59 Å². The fraction of sp³-hybridized carbons (Fsp3) is 0.0870. The van der Waals surface area contributed by atoms with Gasteiger partial charge in [0.05, 0.1) is 7.11 Å². The number of ether oxygens (including phenoxy) is 1. The molecule has 4 rings (SSSR count). The molecular weight excluding hydrogens is 450 g/mol. The fourth-order valence-electron chi connectivity index (χ4n) is 3.10. The Morgan fingerprint density at radius 2 is 1.84 bits per heavy atom. The molecule has 4 amide bonds. The molecule has 2 heterocycles. The van der Waals surface area contributed by atoms with Crippen LogP contribution in [0.1, 0.15) is 4.88 Å². The van der Waals surface area contributed by atoms with Crippen LogP contribution in [-0.2, 0) is 9.59 Å². The summed E-state index contributed by atoms with van der Waals surface area (Å²) in [5.41, 5.74) is 2.63. The number of anilines is 1. The summed E-state index contributed by atoms with van der Waals surface area (Å²) in [5, 5.41) is 7.80. The van der Waals surface area contributed by atoms with E-state index in [2.05, 4.69) is 10.6 Å². The molecule has 0 atom stereocenters. The summed E-state index contributed by atoms with van der Waals surface area (Å²) in [4.78, 5) is 38.9. The van der Waals surface area contributed by atoms with Crippen LogP contribution < -0.4 is 15.4 Å². The number of benzene rings is 2. The van der Waals surface area contributed by atoms with Gasteiger partial charge in [0.15, 0.2) is 0 Å². The lowest BCUT2D eigenvalue weighted by Gasteiger charge is -2.12. The Balaban J connectivity index is 1.42. The zero-order valence-corrected chi connectivity index (χ0v) is 18.5. The van der Waals surface area contributed by atoms with E-state index in [1.807, 2.05) is 35.7 Å². The van der Waals surface area contributed by atoms with E-state index in [0.29, 0.717) is 16.5 Å². The second-order valence-corrected chi connectivity index (χ2v) is 8.28. The Bertz CT molecular complexity index is 1200. The van der Waals surface area contributed by atoms with Crippen molar-refractivity contribution < 1.29 is 19.1 Å². The SMILES string of the molecule is COc1ccc(NC(=O)CN2C(=O)N/C(=C\c3cc(-c4ccc(Cl)cc4)cs3)C2=O)cc1. The number of amides is 4. The minimum Gasteiger partial charge on any atom is -0.497 e. The number of halogens is 1. The molecule has 9 heteroatoms. The van der Waals surface area contributed by atoms with E-state index in [-0.39, 0.29) is 5.70 Å². The third kappa shape index (κ3) is 4.82. The first-order valence-electron chi connectivity index (χ1n) is 9.56. The summed E-state index contributed by atoms with van der Waals surface area (Å²) in [6.07, 6.45) is 1.60. The Hall–Kier alpha value is -3.62. The largest absolute Gasteiger partial charge is 0.497 e. The third-order valence-electron chi connectivity index (χ3n) is 4.72. The van der Waals surface area contributed by atoms with Gasteiger partial charge in [-0.25, -0.2) is 9.69 Å². The molecule has 0 aliphatic carbocycles. The Morgan fingerprint density at radius 3 is 2.53 bits per heavy atom. The van der Waals surface area contributed by atoms with Crippen molar-refractivity contribution in [3.8, 4) is 16.9 Å². The van der Waals surface area contributed by atoms with Crippen LogP contribution in [0.25, 0.3) is 17.2 Å². The van der Waals surface area contributed by atoms with Crippen LogP contribution >= 0.6 is 22.9 Å². The quantitative estimate of drug-likeness (QED) is 0.409. The first kappa shape index (κ1) is 21.6. The molecule has 1 aliphatic rings. The zero-order valence-electron chi connectivity index (χ0n) is 16.9. The number of nitrogens with one attached hydrogen (secondary N) is 2. The van der Waals surface area contributed by atoms with Crippen molar-refractivity contribution in [1.29, 1.82) is 0 Å². The van der Waals surface area contributed by atoms with Crippen molar-refractivity contribution >= 4 is 52.5 Å². The summed E-state index contributed by atoms with van der Waals surface area (Å²) < 4.78 is 5.07. The van der Waals surface area contributed by atoms with E-state index in [9.17, 15) is 14.4 Å². The second kappa shape index (κ2) is 9.25. The average Bonchev–Trinajstić information content (AvgIpc) is 3.35. The first-order chi connectivity index (χ1) is 15.4. The minimum absolute atomic E-state index is 0.122. The van der Waals surface area contributed by atoms with Crippen molar-refractivity contribution in [1.82, 2.24) is 10.2 Å². The average molecular weight is 468 g/mol. The number of carbonyl (C=O) groups is 3. The van der Waals surface area contributed by atoms with E-state index >= 15 is 0 Å². The van der Waals surface area contributed by atoms with Gasteiger partial charge in [-0.1, -0.05) is 23.7 Å². The highest BCUT2D eigenvalue weighted by atomic mass is 35.5. The second-order valence-electron chi connectivity index (χ2n) is 6.90. The molecule has 162 valence electrons. The Morgan fingerprint density at radius 1 is 1.12 bits per heavy atom. The predicted molar refractivity (Wildman–Crippen MR) is 125 cm³/mol. The summed E-state index contributed by atoms with van der Waals surface area (Å²) in [5.74, 6) is -0.387. The first-order valence-corrected chi connectivity index (χ1v) is 10.8. The number of hydrogen-bond donors (Lipinski definition) is 2. The fourth-order valence-corrected chi connectivity index (χ4v) is 4.07. The molecule has 2 N–H and O–H groups in total. The molecule has 0 saturated carbocycles. The highest BCUT2D eigenvalue weighted by Gasteiger charge is 2.35. The smallest absolute Gasteiger partial charge is 0.329 e. The third-order valence-corrected chi connectivity index (χ3v) is 5.85. The number of imide groups is 1. The van der Waals surface area contributed by atoms with Gasteiger partial charge in [0, 0.05) is 15.6 Å². The molecule has 32 heavy (non-hydrogen) atoms. The van der Waals surface area contributed by atoms with Crippen molar-refractivity contribution in [3.63, 3.8) is 0 Å². The van der Waals surface area contributed by atoms with Gasteiger partial charge in [0.25, 0.3) is 5.91 Å². The molecule has 1 fully saturated rings. The van der Waals surface area contributed by atoms with E-state index in [1.54, 1.807) is 37.5 Å². The monoisotopic (exact) mass is 467 g/mol. The summed E-state index contributed by atoms with van der Waals surface area (Å²) >= 11 is 7.37. The van der Waals surface area contributed by atoms with Gasteiger partial charge in [0.1, 0.15) is 18.0 Å². The van der Waals surface area contributed by atoms with Gasteiger partial charge in [-0.05, 0) is 65.0 Å². The number of thiophene rings is 1. The van der Waals surface area contributed by atoms with Gasteiger partial charge in [-0.2, -0.15) is 0 Å². The predicted octanol–water partition coefficient (Wildman–Crippen LogP) is 4.61. The van der Waals surface area contributed by atoms with Gasteiger partial charge < -0.3 is 15.4 Å². The van der Waals surface area contributed by atoms with Crippen molar-refractivity contribution in [2.24, 2.45) is 0 Å². The topological polar surface area (TPSA) is 87.7 Å². The van der Waals surface area contributed by atoms with Crippen LogP contribution in [0.5, 0.6) is 5.75 Å². The van der Waals surface area contributed by atoms with Crippen LogP contribution in [0.3, 0.4) is 0 Å². The number of nitrogens with zero attached hydrogens (tertiary/aromatic N) is 1. The van der Waals surface area contributed by atoms with Gasteiger partial charge in [-0.15, -0.1) is 11.3 Å². The number of urea groups is 1. The van der Waals surface area contributed by atoms with Crippen LogP contribution in [-0.4, -0.2) is 36.4 Å². The van der Waals surface area contributed by atoms with Crippen molar-refractivity contribution in [2.75, 3.05) is 19.0 Å². The van der Waals surface area contributed by atoms with Crippen molar-refractivity contribution in [2.45, 2.75) is 0 Å². The number of methoxy groups -OCH3 is 1. The van der Waals surface area contributed by atoms with Gasteiger partial charge >= 0.3 is 6.03 Å². The van der Waals surface area contributed by atoms with Gasteiger partial charge in [0.2, 0.25) is 5.91 Å². The van der Waals surface area contributed by atoms with Crippen molar-refractivity contribution in [3.05, 3.63) is 75.6 Å². The standard InChI is InChI=1S/C23H18ClN3O4S/c1-31-18-8-6-17(7-9-18)25-21(28)12-27-22(29)20(26-23(27)30)11-19-10-15(13-32-19)14-2-4-16(24)5-3-14/h2-11,13H,12H2,1H3,(H,25,28)(H,26,30)/b20-11-. The minimum atomic E-state index is -0.638. The number of hydrogen-bond acceptors (Lipinski definition) is 5. The lowest BCUT2D eigenvalue weighted by atomic mass is 10.1. The Labute approximate surface area is 193 Å². The van der Waals surface area contributed by atoms with E-state index in [1.165, 1.54) is 11.3 Å². The number of carbonyl (C=O) groups excluding carboxylic acids is 3. The molecule has 3 aromatic rings. The molecule has 1 aromatic heterocycles. The maximum absolute atomic E-state index is 12.7. The molecule has 7 nitrogen and oxygen atoms in total. The Kier molecular flexibility index (Phi) is 6.25. The van der Waals surface area contributed by atoms with Crippen LogP contribution in [0, 0.1) is 0 Å². The molecule has 1 aliphatic heterocycles. The molecule has 0 radical (unpaired) electrons. The molecule has 0 spiro atoms. The molecular formula is C23H18ClN3O4S. The molecule has 0 unspecified atom stereocenters. The van der Waals surface area contributed by atoms with Crippen LogP contribution in [0.4, 0.5) is 10.5 Å². The summed E-state index contributed by atoms with van der Waals surface area (Å²) in [6, 6.07) is 15.4. The molecule has 0 bridgehead atoms. The van der Waals surface area contributed by atoms with E-state index in [0.717, 1.165) is 20.9 Å². The molecule has 1 saturated heterocycles. The van der Waals surface area contributed by atoms with Crippen LogP contribution in [0.15, 0.2) is 65.7 Å². The highest BCUT2D eigenvalue weighted by molar-refractivity contribution is 7.11.